The molecule has 5 nitrogen and oxygen atoms in total. The second-order valence-electron chi connectivity index (χ2n) is 4.13. The van der Waals surface area contributed by atoms with Crippen molar-refractivity contribution in [1.29, 1.82) is 0 Å². The summed E-state index contributed by atoms with van der Waals surface area (Å²) in [4.78, 5) is 12.1. The highest BCUT2D eigenvalue weighted by molar-refractivity contribution is 6.05. The summed E-state index contributed by atoms with van der Waals surface area (Å²) in [5.74, 6) is 0. The normalized spacial score (nSPS) is 11.3. The van der Waals surface area contributed by atoms with E-state index in [1.165, 1.54) is 0 Å². The largest absolute Gasteiger partial charge is 0.339 e. The summed E-state index contributed by atoms with van der Waals surface area (Å²) < 4.78 is 0. The maximum Gasteiger partial charge on any atom is 0.139 e. The first-order valence-corrected chi connectivity index (χ1v) is 5.63. The Labute approximate surface area is 102 Å². The van der Waals surface area contributed by atoms with Crippen LogP contribution in [0.15, 0.2) is 43.0 Å². The van der Waals surface area contributed by atoms with Crippen LogP contribution in [-0.4, -0.2) is 25.1 Å². The monoisotopic (exact) mass is 235 g/mol. The molecular weight excluding hydrogens is 226 g/mol. The smallest absolute Gasteiger partial charge is 0.139 e. The van der Waals surface area contributed by atoms with Gasteiger partial charge in [-0.2, -0.15) is 5.10 Å². The summed E-state index contributed by atoms with van der Waals surface area (Å²) >= 11 is 0. The maximum absolute atomic E-state index is 4.61. The highest BCUT2D eigenvalue weighted by atomic mass is 15.1. The summed E-state index contributed by atoms with van der Waals surface area (Å²) in [6.07, 6.45) is 7.22. The molecule has 0 radical (unpaired) electrons. The number of nitrogens with zero attached hydrogens (tertiary/aromatic N) is 3. The second kappa shape index (κ2) is 3.40. The van der Waals surface area contributed by atoms with E-state index >= 15 is 0 Å². The SMILES string of the molecule is c1cc2[nH]c3nc(-c4cn[nH]c4)ccc3c2cn1. The average molecular weight is 235 g/mol. The van der Waals surface area contributed by atoms with Crippen LogP contribution >= 0.6 is 0 Å². The molecule has 0 aromatic carbocycles. The Morgan fingerprint density at radius 2 is 2.00 bits per heavy atom. The molecule has 0 bridgehead atoms. The van der Waals surface area contributed by atoms with E-state index in [1.807, 2.05) is 24.5 Å². The predicted octanol–water partition coefficient (Wildman–Crippen LogP) is 2.50. The van der Waals surface area contributed by atoms with Gasteiger partial charge in [0.05, 0.1) is 17.4 Å². The van der Waals surface area contributed by atoms with Crippen LogP contribution < -0.4 is 0 Å². The Hall–Kier alpha value is -2.69. The number of nitrogens with one attached hydrogen (secondary N) is 2. The first-order chi connectivity index (χ1) is 8.92. The zero-order chi connectivity index (χ0) is 11.9. The van der Waals surface area contributed by atoms with Crippen LogP contribution in [0.3, 0.4) is 0 Å². The Kier molecular flexibility index (Phi) is 1.77. The van der Waals surface area contributed by atoms with E-state index in [9.17, 15) is 0 Å². The second-order valence-corrected chi connectivity index (χ2v) is 4.13. The Bertz CT molecular complexity index is 829. The number of fused-ring (bicyclic) bond motifs is 3. The van der Waals surface area contributed by atoms with Crippen molar-refractivity contribution in [3.05, 3.63) is 43.0 Å². The van der Waals surface area contributed by atoms with Gasteiger partial charge in [-0.1, -0.05) is 0 Å². The van der Waals surface area contributed by atoms with E-state index in [0.29, 0.717) is 0 Å². The molecule has 0 saturated carbocycles. The van der Waals surface area contributed by atoms with Gasteiger partial charge >= 0.3 is 0 Å². The highest BCUT2D eigenvalue weighted by Crippen LogP contribution is 2.25. The molecule has 18 heavy (non-hydrogen) atoms. The molecular formula is C13H9N5. The van der Waals surface area contributed by atoms with E-state index in [4.69, 9.17) is 0 Å². The third-order valence-electron chi connectivity index (χ3n) is 3.05. The molecule has 0 aliphatic heterocycles. The number of H-pyrrole nitrogens is 2. The lowest BCUT2D eigenvalue weighted by Crippen LogP contribution is -1.82. The van der Waals surface area contributed by atoms with Crippen molar-refractivity contribution in [1.82, 2.24) is 25.1 Å². The van der Waals surface area contributed by atoms with Gasteiger partial charge in [-0.25, -0.2) is 4.98 Å². The van der Waals surface area contributed by atoms with Crippen LogP contribution in [0.2, 0.25) is 0 Å². The molecule has 4 heterocycles. The standard InChI is InChI=1S/C13H9N5/c1-2-11(8-5-15-16-6-8)17-13-9(1)10-7-14-4-3-12(10)18-13/h1-7H,(H,15,16)(H,17,18). The third kappa shape index (κ3) is 1.24. The molecule has 0 unspecified atom stereocenters. The van der Waals surface area contributed by atoms with E-state index in [2.05, 4.69) is 31.2 Å². The summed E-state index contributed by atoms with van der Waals surface area (Å²) in [6, 6.07) is 6.01. The molecule has 0 aliphatic carbocycles. The Morgan fingerprint density at radius 1 is 1.00 bits per heavy atom. The van der Waals surface area contributed by atoms with Crippen molar-refractivity contribution in [3.63, 3.8) is 0 Å². The minimum Gasteiger partial charge on any atom is -0.339 e. The molecule has 4 aromatic rings. The van der Waals surface area contributed by atoms with Crippen LogP contribution in [0.1, 0.15) is 0 Å². The maximum atomic E-state index is 4.61. The van der Waals surface area contributed by atoms with E-state index in [1.54, 1.807) is 12.4 Å². The Morgan fingerprint density at radius 3 is 2.89 bits per heavy atom. The molecule has 86 valence electrons. The number of pyridine rings is 2. The third-order valence-corrected chi connectivity index (χ3v) is 3.05. The van der Waals surface area contributed by atoms with E-state index < -0.39 is 0 Å². The molecule has 0 saturated heterocycles. The molecule has 0 fully saturated rings. The molecule has 4 aromatic heterocycles. The van der Waals surface area contributed by atoms with Crippen molar-refractivity contribution in [2.24, 2.45) is 0 Å². The van der Waals surface area contributed by atoms with Crippen molar-refractivity contribution in [2.45, 2.75) is 0 Å². The van der Waals surface area contributed by atoms with Crippen LogP contribution in [0, 0.1) is 0 Å². The van der Waals surface area contributed by atoms with Crippen LogP contribution in [0.25, 0.3) is 33.2 Å². The van der Waals surface area contributed by atoms with E-state index in [0.717, 1.165) is 33.2 Å². The first-order valence-electron chi connectivity index (χ1n) is 5.63. The van der Waals surface area contributed by atoms with Crippen LogP contribution in [0.4, 0.5) is 0 Å². The van der Waals surface area contributed by atoms with Gasteiger partial charge in [-0.05, 0) is 18.2 Å². The topological polar surface area (TPSA) is 70.2 Å². The molecule has 0 atom stereocenters. The van der Waals surface area contributed by atoms with Gasteiger partial charge in [0.1, 0.15) is 5.65 Å². The number of hydrogen-bond acceptors (Lipinski definition) is 3. The zero-order valence-electron chi connectivity index (χ0n) is 9.38. The van der Waals surface area contributed by atoms with E-state index in [-0.39, 0.29) is 0 Å². The lowest BCUT2D eigenvalue weighted by molar-refractivity contribution is 1.09. The molecule has 4 rings (SSSR count). The number of rotatable bonds is 1. The summed E-state index contributed by atoms with van der Waals surface area (Å²) in [6.45, 7) is 0. The highest BCUT2D eigenvalue weighted by Gasteiger charge is 2.07. The lowest BCUT2D eigenvalue weighted by Gasteiger charge is -1.96. The summed E-state index contributed by atoms with van der Waals surface area (Å²) in [5.41, 5.74) is 3.80. The predicted molar refractivity (Wildman–Crippen MR) is 69.0 cm³/mol. The Balaban J connectivity index is 2.04. The molecule has 2 N–H and O–H groups in total. The molecule has 0 amide bonds. The fourth-order valence-electron chi connectivity index (χ4n) is 2.17. The molecule has 0 aliphatic rings. The molecule has 0 spiro atoms. The minimum absolute atomic E-state index is 0.872. The quantitative estimate of drug-likeness (QED) is 0.532. The van der Waals surface area contributed by atoms with Gasteiger partial charge < -0.3 is 4.98 Å². The van der Waals surface area contributed by atoms with Gasteiger partial charge in [0, 0.05) is 34.9 Å². The minimum atomic E-state index is 0.872. The van der Waals surface area contributed by atoms with Gasteiger partial charge in [-0.3, -0.25) is 10.1 Å². The van der Waals surface area contributed by atoms with Gasteiger partial charge in [-0.15, -0.1) is 0 Å². The summed E-state index contributed by atoms with van der Waals surface area (Å²) in [5, 5.41) is 8.91. The summed E-state index contributed by atoms with van der Waals surface area (Å²) in [7, 11) is 0. The fourth-order valence-corrected chi connectivity index (χ4v) is 2.17. The average Bonchev–Trinajstić information content (AvgIpc) is 3.05. The molecule has 5 heteroatoms. The van der Waals surface area contributed by atoms with Gasteiger partial charge in [0.2, 0.25) is 0 Å². The fraction of sp³-hybridized carbons (Fsp3) is 0. The van der Waals surface area contributed by atoms with Gasteiger partial charge in [0.25, 0.3) is 0 Å². The van der Waals surface area contributed by atoms with Crippen molar-refractivity contribution in [3.8, 4) is 11.3 Å². The number of aromatic amines is 2. The zero-order valence-corrected chi connectivity index (χ0v) is 9.38. The first kappa shape index (κ1) is 9.35. The lowest BCUT2D eigenvalue weighted by atomic mass is 10.2. The van der Waals surface area contributed by atoms with Gasteiger partial charge in [0.15, 0.2) is 0 Å². The number of hydrogen-bond donors (Lipinski definition) is 2. The van der Waals surface area contributed by atoms with Crippen molar-refractivity contribution >= 4 is 21.9 Å². The van der Waals surface area contributed by atoms with Crippen LogP contribution in [-0.2, 0) is 0 Å². The van der Waals surface area contributed by atoms with Crippen molar-refractivity contribution in [2.75, 3.05) is 0 Å². The van der Waals surface area contributed by atoms with Crippen LogP contribution in [0.5, 0.6) is 0 Å². The van der Waals surface area contributed by atoms with Crippen molar-refractivity contribution < 1.29 is 0 Å². The number of aromatic nitrogens is 5.